The van der Waals surface area contributed by atoms with Crippen molar-refractivity contribution in [1.82, 2.24) is 41.7 Å². The summed E-state index contributed by atoms with van der Waals surface area (Å²) in [6.45, 7) is 4.85. The smallest absolute Gasteiger partial charge is 0.246 e. The van der Waals surface area contributed by atoms with Crippen LogP contribution in [0.2, 0.25) is 0 Å². The molecule has 13 heteroatoms. The molecular formula is C53H78N8O5. The van der Waals surface area contributed by atoms with Gasteiger partial charge in [-0.25, -0.2) is 0 Å². The van der Waals surface area contributed by atoms with Gasteiger partial charge in [-0.1, -0.05) is 74.9 Å². The quantitative estimate of drug-likeness (QED) is 0.125. The number of rotatable bonds is 15. The van der Waals surface area contributed by atoms with E-state index in [2.05, 4.69) is 68.3 Å². The average Bonchev–Trinajstić information content (AvgIpc) is 4.05. The van der Waals surface area contributed by atoms with Crippen LogP contribution in [-0.2, 0) is 36.8 Å². The molecule has 2 aromatic carbocycles. The Balaban J connectivity index is 0.980. The minimum absolute atomic E-state index is 0.0510. The van der Waals surface area contributed by atoms with E-state index in [-0.39, 0.29) is 65.7 Å². The van der Waals surface area contributed by atoms with Crippen LogP contribution < -0.4 is 31.9 Å². The number of benzene rings is 2. The van der Waals surface area contributed by atoms with Gasteiger partial charge in [0.2, 0.25) is 29.5 Å². The fourth-order valence-electron chi connectivity index (χ4n) is 12.4. The predicted octanol–water partition coefficient (Wildman–Crippen LogP) is 6.10. The highest BCUT2D eigenvalue weighted by molar-refractivity contribution is 5.94. The standard InChI is InChI=1S/C53H78N8O5/c1-33(54-3)49(62)58-47(35-17-7-5-8-18-35)52(65)60-31-15-29-45(60)51(64)57-44-28-14-24-40-38(22-12-26-42(40)44)37-21-11-25-41-39(37)23-13-27-43(41)56-46-30-16-32-61(46)53(66)48(36-19-9-6-10-20-36)59-50(63)34(2)55-4/h11-12,21-22,25-26,33-36,43-48,54-56H,5-10,13-20,23-24,27-32H2,1-4H3,(H,57,64)(H,58,62)(H,59,63)/t33?,34?,43-,44-,45+,46+,47?,48?/m1/s1. The number of amides is 5. The Morgan fingerprint density at radius 2 is 1.03 bits per heavy atom. The molecule has 0 aromatic heterocycles. The van der Waals surface area contributed by atoms with Crippen LogP contribution in [0.15, 0.2) is 36.4 Å². The summed E-state index contributed by atoms with van der Waals surface area (Å²) in [5, 5.41) is 19.8. The van der Waals surface area contributed by atoms with Gasteiger partial charge in [0.15, 0.2) is 0 Å². The summed E-state index contributed by atoms with van der Waals surface area (Å²) in [5.41, 5.74) is 7.56. The van der Waals surface area contributed by atoms with Crippen molar-refractivity contribution in [2.75, 3.05) is 27.2 Å². The van der Waals surface area contributed by atoms with Crippen molar-refractivity contribution in [3.8, 4) is 11.1 Å². The van der Waals surface area contributed by atoms with Gasteiger partial charge in [-0.05, 0) is 163 Å². The molecule has 360 valence electrons. The SMILES string of the molecule is CNC(C)C(=O)NC(C(=O)N1CCC[C@H]1N[C@@H]1CCCc2c(-c3cccc4c3CCC[C@H]4NC(=O)[C@@H]3CCCN3C(=O)C(NC(=O)C(C)NC)C3CCCCC3)cccc21)C1CCCCC1. The maximum atomic E-state index is 14.5. The van der Waals surface area contributed by atoms with Crippen molar-refractivity contribution < 1.29 is 24.0 Å². The third kappa shape index (κ3) is 10.5. The second-order valence-electron chi connectivity index (χ2n) is 20.5. The van der Waals surface area contributed by atoms with E-state index in [1.807, 2.05) is 11.8 Å². The predicted molar refractivity (Wildman–Crippen MR) is 258 cm³/mol. The number of carbonyl (C=O) groups excluding carboxylic acids is 5. The van der Waals surface area contributed by atoms with Gasteiger partial charge in [-0.15, -0.1) is 0 Å². The van der Waals surface area contributed by atoms with E-state index in [1.165, 1.54) is 34.2 Å². The zero-order chi connectivity index (χ0) is 46.3. The van der Waals surface area contributed by atoms with Crippen molar-refractivity contribution in [2.24, 2.45) is 11.8 Å². The fourth-order valence-corrected chi connectivity index (χ4v) is 12.4. The van der Waals surface area contributed by atoms with Crippen molar-refractivity contribution in [2.45, 2.75) is 191 Å². The largest absolute Gasteiger partial charge is 0.347 e. The summed E-state index contributed by atoms with van der Waals surface area (Å²) in [6.07, 6.45) is 19.1. The molecule has 2 saturated heterocycles. The van der Waals surface area contributed by atoms with Crippen LogP contribution in [0.5, 0.6) is 0 Å². The molecule has 8 rings (SSSR count). The van der Waals surface area contributed by atoms with E-state index in [9.17, 15) is 24.0 Å². The van der Waals surface area contributed by atoms with E-state index < -0.39 is 24.2 Å². The molecule has 2 saturated carbocycles. The molecule has 5 amide bonds. The molecule has 4 unspecified atom stereocenters. The second kappa shape index (κ2) is 22.2. The normalized spacial score (nSPS) is 25.5. The third-order valence-corrected chi connectivity index (χ3v) is 16.4. The Morgan fingerprint density at radius 1 is 0.545 bits per heavy atom. The Bertz CT molecular complexity index is 2050. The highest BCUT2D eigenvalue weighted by atomic mass is 16.2. The number of nitrogens with zero attached hydrogens (tertiary/aromatic N) is 2. The first-order valence-corrected chi connectivity index (χ1v) is 25.9. The Labute approximate surface area is 393 Å². The lowest BCUT2D eigenvalue weighted by atomic mass is 9.78. The van der Waals surface area contributed by atoms with Crippen LogP contribution in [0.3, 0.4) is 0 Å². The number of hydrogen-bond donors (Lipinski definition) is 6. The lowest BCUT2D eigenvalue weighted by molar-refractivity contribution is -0.143. The molecule has 2 aromatic rings. The van der Waals surface area contributed by atoms with Crippen molar-refractivity contribution in [3.05, 3.63) is 58.7 Å². The molecule has 6 N–H and O–H groups in total. The molecule has 4 fully saturated rings. The number of likely N-dealkylation sites (N-methyl/N-ethyl adjacent to an activating group) is 2. The van der Waals surface area contributed by atoms with E-state index in [4.69, 9.17) is 0 Å². The molecule has 2 aliphatic heterocycles. The first kappa shape index (κ1) is 48.1. The summed E-state index contributed by atoms with van der Waals surface area (Å²) < 4.78 is 0. The molecule has 8 atom stereocenters. The van der Waals surface area contributed by atoms with Gasteiger partial charge in [0.25, 0.3) is 0 Å². The van der Waals surface area contributed by atoms with Gasteiger partial charge in [0, 0.05) is 19.1 Å². The fraction of sp³-hybridized carbons (Fsp3) is 0.679. The molecule has 4 aliphatic carbocycles. The van der Waals surface area contributed by atoms with Gasteiger partial charge in [-0.3, -0.25) is 29.3 Å². The monoisotopic (exact) mass is 907 g/mol. The first-order chi connectivity index (χ1) is 32.1. The minimum atomic E-state index is -0.628. The Morgan fingerprint density at radius 3 is 1.58 bits per heavy atom. The highest BCUT2D eigenvalue weighted by Crippen LogP contribution is 2.42. The number of nitrogens with one attached hydrogen (secondary N) is 6. The maximum absolute atomic E-state index is 14.5. The average molecular weight is 907 g/mol. The summed E-state index contributed by atoms with van der Waals surface area (Å²) >= 11 is 0. The zero-order valence-corrected chi connectivity index (χ0v) is 40.2. The first-order valence-electron chi connectivity index (χ1n) is 25.9. The molecule has 0 radical (unpaired) electrons. The maximum Gasteiger partial charge on any atom is 0.246 e. The second-order valence-corrected chi connectivity index (χ2v) is 20.5. The summed E-state index contributed by atoms with van der Waals surface area (Å²) in [7, 11) is 3.52. The molecule has 13 nitrogen and oxygen atoms in total. The topological polar surface area (TPSA) is 164 Å². The molecule has 66 heavy (non-hydrogen) atoms. The van der Waals surface area contributed by atoms with Crippen molar-refractivity contribution >= 4 is 29.5 Å². The molecular weight excluding hydrogens is 829 g/mol. The molecule has 0 spiro atoms. The summed E-state index contributed by atoms with van der Waals surface area (Å²) in [4.78, 5) is 73.4. The number of hydrogen-bond acceptors (Lipinski definition) is 8. The minimum Gasteiger partial charge on any atom is -0.347 e. The Hall–Kier alpha value is -4.33. The van der Waals surface area contributed by atoms with E-state index in [1.54, 1.807) is 25.9 Å². The van der Waals surface area contributed by atoms with Gasteiger partial charge < -0.3 is 36.4 Å². The summed E-state index contributed by atoms with van der Waals surface area (Å²) in [5.74, 6) is -0.257. The lowest BCUT2D eigenvalue weighted by Crippen LogP contribution is -2.58. The van der Waals surface area contributed by atoms with Crippen LogP contribution in [-0.4, -0.2) is 103 Å². The number of likely N-dealkylation sites (tertiary alicyclic amines) is 2. The van der Waals surface area contributed by atoms with Crippen LogP contribution in [0, 0.1) is 11.8 Å². The van der Waals surface area contributed by atoms with Crippen LogP contribution in [0.25, 0.3) is 11.1 Å². The van der Waals surface area contributed by atoms with Crippen LogP contribution in [0.4, 0.5) is 0 Å². The van der Waals surface area contributed by atoms with Gasteiger partial charge in [-0.2, -0.15) is 0 Å². The number of fused-ring (bicyclic) bond motifs is 2. The van der Waals surface area contributed by atoms with Crippen LogP contribution >= 0.6 is 0 Å². The van der Waals surface area contributed by atoms with E-state index in [0.29, 0.717) is 19.5 Å². The van der Waals surface area contributed by atoms with E-state index >= 15 is 0 Å². The van der Waals surface area contributed by atoms with Gasteiger partial charge in [0.05, 0.1) is 24.3 Å². The molecule has 2 heterocycles. The molecule has 6 aliphatic rings. The third-order valence-electron chi connectivity index (χ3n) is 16.4. The van der Waals surface area contributed by atoms with E-state index in [0.717, 1.165) is 121 Å². The lowest BCUT2D eigenvalue weighted by Gasteiger charge is -2.38. The van der Waals surface area contributed by atoms with Gasteiger partial charge in [0.1, 0.15) is 18.1 Å². The highest BCUT2D eigenvalue weighted by Gasteiger charge is 2.43. The van der Waals surface area contributed by atoms with Gasteiger partial charge >= 0.3 is 0 Å². The number of carbonyl (C=O) groups is 5. The summed E-state index contributed by atoms with van der Waals surface area (Å²) in [6, 6.07) is 10.7. The van der Waals surface area contributed by atoms with Crippen molar-refractivity contribution in [1.29, 1.82) is 0 Å². The van der Waals surface area contributed by atoms with Crippen molar-refractivity contribution in [3.63, 3.8) is 0 Å². The Kier molecular flexibility index (Phi) is 16.2. The molecule has 0 bridgehead atoms. The van der Waals surface area contributed by atoms with Crippen LogP contribution in [0.1, 0.15) is 164 Å². The zero-order valence-electron chi connectivity index (χ0n) is 40.2.